The van der Waals surface area contributed by atoms with Crippen LogP contribution in [0.3, 0.4) is 0 Å². The first-order valence-corrected chi connectivity index (χ1v) is 7.03. The quantitative estimate of drug-likeness (QED) is 0.922. The highest BCUT2D eigenvalue weighted by Gasteiger charge is 2.07. The third kappa shape index (κ3) is 4.06. The molecule has 1 aromatic heterocycles. The summed E-state index contributed by atoms with van der Waals surface area (Å²) >= 11 is 3.29. The standard InChI is InChI=1S/C15H15BrN2O2/c1-10(2)20-13-6-3-11(4-7-13)15(19)18-14-8-5-12(16)9-17-14/h3-10H,1-2H3,(H,17,18,19). The van der Waals surface area contributed by atoms with Gasteiger partial charge in [-0.1, -0.05) is 0 Å². The summed E-state index contributed by atoms with van der Waals surface area (Å²) in [5.74, 6) is 1.06. The van der Waals surface area contributed by atoms with Crippen LogP contribution in [0, 0.1) is 0 Å². The molecule has 0 aliphatic carbocycles. The maximum absolute atomic E-state index is 12.0. The van der Waals surface area contributed by atoms with Gasteiger partial charge in [-0.3, -0.25) is 4.79 Å². The molecule has 2 rings (SSSR count). The zero-order chi connectivity index (χ0) is 14.5. The second-order valence-corrected chi connectivity index (χ2v) is 5.42. The van der Waals surface area contributed by atoms with Gasteiger partial charge in [0.05, 0.1) is 6.10 Å². The fraction of sp³-hybridized carbons (Fsp3) is 0.200. The summed E-state index contributed by atoms with van der Waals surface area (Å²) in [5, 5.41) is 2.73. The Labute approximate surface area is 126 Å². The van der Waals surface area contributed by atoms with E-state index in [9.17, 15) is 4.79 Å². The first kappa shape index (κ1) is 14.5. The van der Waals surface area contributed by atoms with Gasteiger partial charge >= 0.3 is 0 Å². The molecule has 0 spiro atoms. The highest BCUT2D eigenvalue weighted by molar-refractivity contribution is 9.10. The normalized spacial score (nSPS) is 10.4. The topological polar surface area (TPSA) is 51.2 Å². The van der Waals surface area contributed by atoms with Crippen LogP contribution < -0.4 is 10.1 Å². The van der Waals surface area contributed by atoms with Gasteiger partial charge in [0.15, 0.2) is 0 Å². The van der Waals surface area contributed by atoms with Gasteiger partial charge in [0.2, 0.25) is 0 Å². The molecular formula is C15H15BrN2O2. The maximum atomic E-state index is 12.0. The van der Waals surface area contributed by atoms with Crippen molar-refractivity contribution in [2.24, 2.45) is 0 Å². The van der Waals surface area contributed by atoms with Crippen LogP contribution in [0.5, 0.6) is 5.75 Å². The second-order valence-electron chi connectivity index (χ2n) is 4.51. The van der Waals surface area contributed by atoms with Gasteiger partial charge in [0.1, 0.15) is 11.6 Å². The van der Waals surface area contributed by atoms with E-state index in [0.717, 1.165) is 10.2 Å². The Bertz CT molecular complexity index is 580. The van der Waals surface area contributed by atoms with E-state index in [1.54, 1.807) is 36.5 Å². The molecule has 0 aliphatic heterocycles. The Hall–Kier alpha value is -1.88. The fourth-order valence-electron chi connectivity index (χ4n) is 1.60. The third-order valence-corrected chi connectivity index (χ3v) is 2.93. The van der Waals surface area contributed by atoms with Crippen molar-refractivity contribution in [3.05, 3.63) is 52.6 Å². The van der Waals surface area contributed by atoms with Crippen molar-refractivity contribution in [2.75, 3.05) is 5.32 Å². The molecule has 0 aliphatic rings. The first-order valence-electron chi connectivity index (χ1n) is 6.24. The molecule has 0 radical (unpaired) electrons. The number of carbonyl (C=O) groups excluding carboxylic acids is 1. The average molecular weight is 335 g/mol. The van der Waals surface area contributed by atoms with Crippen molar-refractivity contribution in [2.45, 2.75) is 20.0 Å². The number of ether oxygens (including phenoxy) is 1. The summed E-state index contributed by atoms with van der Waals surface area (Å²) in [7, 11) is 0. The van der Waals surface area contributed by atoms with Crippen molar-refractivity contribution in [3.8, 4) is 5.75 Å². The number of benzene rings is 1. The van der Waals surface area contributed by atoms with E-state index in [-0.39, 0.29) is 12.0 Å². The predicted molar refractivity (Wildman–Crippen MR) is 82.1 cm³/mol. The van der Waals surface area contributed by atoms with E-state index in [4.69, 9.17) is 4.74 Å². The number of halogens is 1. The van der Waals surface area contributed by atoms with Crippen LogP contribution in [0.25, 0.3) is 0 Å². The summed E-state index contributed by atoms with van der Waals surface area (Å²) in [6.07, 6.45) is 1.75. The predicted octanol–water partition coefficient (Wildman–Crippen LogP) is 3.88. The molecular weight excluding hydrogens is 320 g/mol. The summed E-state index contributed by atoms with van der Waals surface area (Å²) < 4.78 is 6.40. The molecule has 1 heterocycles. The Balaban J connectivity index is 2.03. The minimum atomic E-state index is -0.198. The highest BCUT2D eigenvalue weighted by Crippen LogP contribution is 2.15. The lowest BCUT2D eigenvalue weighted by atomic mass is 10.2. The molecule has 2 aromatic rings. The summed E-state index contributed by atoms with van der Waals surface area (Å²) in [5.41, 5.74) is 0.561. The highest BCUT2D eigenvalue weighted by atomic mass is 79.9. The van der Waals surface area contributed by atoms with Gasteiger partial charge in [0.25, 0.3) is 5.91 Å². The molecule has 0 saturated carbocycles. The molecule has 20 heavy (non-hydrogen) atoms. The zero-order valence-electron chi connectivity index (χ0n) is 11.3. The van der Waals surface area contributed by atoms with Crippen molar-refractivity contribution >= 4 is 27.7 Å². The minimum Gasteiger partial charge on any atom is -0.491 e. The number of rotatable bonds is 4. The molecule has 0 atom stereocenters. The van der Waals surface area contributed by atoms with Gasteiger partial charge in [0, 0.05) is 16.2 Å². The van der Waals surface area contributed by atoms with E-state index in [1.807, 2.05) is 19.9 Å². The number of aromatic nitrogens is 1. The van der Waals surface area contributed by atoms with Crippen LogP contribution >= 0.6 is 15.9 Å². The largest absolute Gasteiger partial charge is 0.491 e. The molecule has 0 saturated heterocycles. The second kappa shape index (κ2) is 6.52. The molecule has 4 nitrogen and oxygen atoms in total. The van der Waals surface area contributed by atoms with E-state index < -0.39 is 0 Å². The lowest BCUT2D eigenvalue weighted by Gasteiger charge is -2.10. The van der Waals surface area contributed by atoms with Crippen molar-refractivity contribution in [3.63, 3.8) is 0 Å². The molecule has 1 amide bonds. The number of amides is 1. The number of hydrogen-bond acceptors (Lipinski definition) is 3. The van der Waals surface area contributed by atoms with Gasteiger partial charge in [-0.15, -0.1) is 0 Å². The Morgan fingerprint density at radius 1 is 1.20 bits per heavy atom. The van der Waals surface area contributed by atoms with E-state index in [0.29, 0.717) is 11.4 Å². The van der Waals surface area contributed by atoms with Gasteiger partial charge < -0.3 is 10.1 Å². The molecule has 0 bridgehead atoms. The number of pyridine rings is 1. The van der Waals surface area contributed by atoms with Crippen LogP contribution in [-0.2, 0) is 0 Å². The average Bonchev–Trinajstić information content (AvgIpc) is 2.41. The van der Waals surface area contributed by atoms with E-state index >= 15 is 0 Å². The van der Waals surface area contributed by atoms with Crippen LogP contribution in [0.2, 0.25) is 0 Å². The number of nitrogens with zero attached hydrogens (tertiary/aromatic N) is 1. The van der Waals surface area contributed by atoms with E-state index in [2.05, 4.69) is 26.2 Å². The van der Waals surface area contributed by atoms with Crippen molar-refractivity contribution in [1.29, 1.82) is 0 Å². The van der Waals surface area contributed by atoms with E-state index in [1.165, 1.54) is 0 Å². The van der Waals surface area contributed by atoms with Gasteiger partial charge in [-0.2, -0.15) is 0 Å². The lowest BCUT2D eigenvalue weighted by Crippen LogP contribution is -2.13. The SMILES string of the molecule is CC(C)Oc1ccc(C(=O)Nc2ccc(Br)cn2)cc1. The first-order chi connectivity index (χ1) is 9.54. The maximum Gasteiger partial charge on any atom is 0.256 e. The minimum absolute atomic E-state index is 0.113. The summed E-state index contributed by atoms with van der Waals surface area (Å²) in [6.45, 7) is 3.92. The smallest absolute Gasteiger partial charge is 0.256 e. The monoisotopic (exact) mass is 334 g/mol. The molecule has 104 valence electrons. The molecule has 1 aromatic carbocycles. The zero-order valence-corrected chi connectivity index (χ0v) is 12.8. The van der Waals surface area contributed by atoms with Crippen LogP contribution in [-0.4, -0.2) is 17.0 Å². The Kier molecular flexibility index (Phi) is 4.74. The molecule has 0 fully saturated rings. The number of nitrogens with one attached hydrogen (secondary N) is 1. The van der Waals surface area contributed by atoms with Crippen molar-refractivity contribution < 1.29 is 9.53 Å². The summed E-state index contributed by atoms with van der Waals surface area (Å²) in [6, 6.07) is 10.6. The van der Waals surface area contributed by atoms with Gasteiger partial charge in [-0.25, -0.2) is 4.98 Å². The number of anilines is 1. The summed E-state index contributed by atoms with van der Waals surface area (Å²) in [4.78, 5) is 16.1. The molecule has 0 unspecified atom stereocenters. The lowest BCUT2D eigenvalue weighted by molar-refractivity contribution is 0.102. The molecule has 1 N–H and O–H groups in total. The number of carbonyl (C=O) groups is 1. The van der Waals surface area contributed by atoms with Crippen LogP contribution in [0.15, 0.2) is 47.1 Å². The Morgan fingerprint density at radius 3 is 2.45 bits per heavy atom. The number of hydrogen-bond donors (Lipinski definition) is 1. The van der Waals surface area contributed by atoms with Crippen molar-refractivity contribution in [1.82, 2.24) is 4.98 Å². The fourth-order valence-corrected chi connectivity index (χ4v) is 1.83. The molecule has 5 heteroatoms. The Morgan fingerprint density at radius 2 is 1.90 bits per heavy atom. The van der Waals surface area contributed by atoms with Crippen LogP contribution in [0.4, 0.5) is 5.82 Å². The third-order valence-electron chi connectivity index (χ3n) is 2.46. The van der Waals surface area contributed by atoms with Crippen LogP contribution in [0.1, 0.15) is 24.2 Å². The van der Waals surface area contributed by atoms with Gasteiger partial charge in [-0.05, 0) is 66.2 Å².